The lowest BCUT2D eigenvalue weighted by molar-refractivity contribution is 0.204. The third kappa shape index (κ3) is 6.28. The molecule has 0 heterocycles. The Balaban J connectivity index is 2.00. The molecule has 0 unspecified atom stereocenters. The van der Waals surface area contributed by atoms with Gasteiger partial charge in [-0.1, -0.05) is 12.1 Å². The number of ether oxygens (including phenoxy) is 2. The third-order valence-corrected chi connectivity index (χ3v) is 6.64. The Labute approximate surface area is 166 Å². The van der Waals surface area contributed by atoms with Gasteiger partial charge >= 0.3 is 0 Å². The van der Waals surface area contributed by atoms with Crippen molar-refractivity contribution < 1.29 is 26.3 Å². The van der Waals surface area contributed by atoms with Crippen molar-refractivity contribution in [3.8, 4) is 5.75 Å². The fourth-order valence-electron chi connectivity index (χ4n) is 2.29. The molecule has 0 saturated heterocycles. The summed E-state index contributed by atoms with van der Waals surface area (Å²) in [6.07, 6.45) is 0. The predicted octanol–water partition coefficient (Wildman–Crippen LogP) is 1.49. The van der Waals surface area contributed by atoms with Gasteiger partial charge < -0.3 is 9.47 Å². The molecule has 2 aromatic rings. The Morgan fingerprint density at radius 1 is 0.821 bits per heavy atom. The van der Waals surface area contributed by atoms with Gasteiger partial charge in [0.1, 0.15) is 5.75 Å². The van der Waals surface area contributed by atoms with E-state index in [0.29, 0.717) is 17.9 Å². The van der Waals surface area contributed by atoms with E-state index in [1.165, 1.54) is 31.4 Å². The van der Waals surface area contributed by atoms with Crippen LogP contribution in [0.4, 0.5) is 0 Å². The summed E-state index contributed by atoms with van der Waals surface area (Å²) < 4.78 is 64.0. The molecule has 0 saturated carbocycles. The minimum Gasteiger partial charge on any atom is -0.494 e. The molecule has 8 nitrogen and oxygen atoms in total. The molecule has 28 heavy (non-hydrogen) atoms. The Hall–Kier alpha value is -1.98. The van der Waals surface area contributed by atoms with Crippen molar-refractivity contribution in [2.75, 3.05) is 26.9 Å². The van der Waals surface area contributed by atoms with E-state index in [1.54, 1.807) is 24.3 Å². The van der Waals surface area contributed by atoms with Gasteiger partial charge in [0.15, 0.2) is 0 Å². The number of rotatable bonds is 11. The van der Waals surface area contributed by atoms with Gasteiger partial charge in [-0.2, -0.15) is 0 Å². The second kappa shape index (κ2) is 9.99. The van der Waals surface area contributed by atoms with Gasteiger partial charge in [-0.25, -0.2) is 26.3 Å². The predicted molar refractivity (Wildman–Crippen MR) is 105 cm³/mol. The highest BCUT2D eigenvalue weighted by Gasteiger charge is 2.15. The Morgan fingerprint density at radius 2 is 1.36 bits per heavy atom. The number of hydrogen-bond donors (Lipinski definition) is 2. The molecular formula is C18H24N2O6S2. The van der Waals surface area contributed by atoms with Crippen LogP contribution in [0.15, 0.2) is 58.3 Å². The lowest BCUT2D eigenvalue weighted by Crippen LogP contribution is -2.27. The standard InChI is InChI=1S/C18H24N2O6S2/c1-3-26-16-6-10-18(11-7-16)28(23,24)20-14-15-4-8-17(9-5-15)27(21,22)19-12-13-25-2/h4-11,19-20H,3,12-14H2,1-2H3. The van der Waals surface area contributed by atoms with Crippen molar-refractivity contribution >= 4 is 20.0 Å². The summed E-state index contributed by atoms with van der Waals surface area (Å²) in [5.74, 6) is 0.595. The highest BCUT2D eigenvalue weighted by atomic mass is 32.2. The van der Waals surface area contributed by atoms with Crippen molar-refractivity contribution in [1.29, 1.82) is 0 Å². The largest absolute Gasteiger partial charge is 0.494 e. The highest BCUT2D eigenvalue weighted by molar-refractivity contribution is 7.89. The van der Waals surface area contributed by atoms with Crippen LogP contribution in [-0.2, 0) is 31.3 Å². The van der Waals surface area contributed by atoms with Crippen LogP contribution in [0.3, 0.4) is 0 Å². The van der Waals surface area contributed by atoms with Crippen LogP contribution in [-0.4, -0.2) is 43.7 Å². The molecule has 0 aliphatic heterocycles. The van der Waals surface area contributed by atoms with Crippen LogP contribution >= 0.6 is 0 Å². The second-order valence-electron chi connectivity index (χ2n) is 5.76. The molecule has 2 N–H and O–H groups in total. The van der Waals surface area contributed by atoms with Gasteiger partial charge in [0.25, 0.3) is 0 Å². The Morgan fingerprint density at radius 3 is 1.89 bits per heavy atom. The van der Waals surface area contributed by atoms with Gasteiger partial charge in [-0.3, -0.25) is 0 Å². The van der Waals surface area contributed by atoms with Crippen LogP contribution < -0.4 is 14.2 Å². The van der Waals surface area contributed by atoms with Gasteiger partial charge in [0, 0.05) is 20.2 Å². The average Bonchev–Trinajstić information content (AvgIpc) is 2.68. The monoisotopic (exact) mass is 428 g/mol. The van der Waals surface area contributed by atoms with Crippen molar-refractivity contribution in [2.24, 2.45) is 0 Å². The molecule has 0 aliphatic carbocycles. The van der Waals surface area contributed by atoms with E-state index in [0.717, 1.165) is 0 Å². The molecule has 0 fully saturated rings. The maximum atomic E-state index is 12.4. The lowest BCUT2D eigenvalue weighted by atomic mass is 10.2. The summed E-state index contributed by atoms with van der Waals surface area (Å²) in [5, 5.41) is 0. The minimum absolute atomic E-state index is 0.0347. The van der Waals surface area contributed by atoms with Crippen LogP contribution in [0.25, 0.3) is 0 Å². The fraction of sp³-hybridized carbons (Fsp3) is 0.333. The lowest BCUT2D eigenvalue weighted by Gasteiger charge is -2.09. The topological polar surface area (TPSA) is 111 Å². The average molecular weight is 429 g/mol. The van der Waals surface area contributed by atoms with Crippen molar-refractivity contribution in [1.82, 2.24) is 9.44 Å². The summed E-state index contributed by atoms with van der Waals surface area (Å²) in [6.45, 7) is 2.82. The van der Waals surface area contributed by atoms with Crippen LogP contribution in [0.2, 0.25) is 0 Å². The highest BCUT2D eigenvalue weighted by Crippen LogP contribution is 2.16. The molecule has 10 heteroatoms. The van der Waals surface area contributed by atoms with E-state index in [-0.39, 0.29) is 29.5 Å². The zero-order chi connectivity index (χ0) is 20.6. The molecule has 0 amide bonds. The summed E-state index contributed by atoms with van der Waals surface area (Å²) >= 11 is 0. The molecule has 0 aromatic heterocycles. The third-order valence-electron chi connectivity index (χ3n) is 3.74. The van der Waals surface area contributed by atoms with Gasteiger partial charge in [-0.15, -0.1) is 0 Å². The number of methoxy groups -OCH3 is 1. The van der Waals surface area contributed by atoms with Gasteiger partial charge in [-0.05, 0) is 48.9 Å². The van der Waals surface area contributed by atoms with Crippen molar-refractivity contribution in [2.45, 2.75) is 23.3 Å². The van der Waals surface area contributed by atoms with Crippen LogP contribution in [0, 0.1) is 0 Å². The first-order chi connectivity index (χ1) is 13.3. The summed E-state index contributed by atoms with van der Waals surface area (Å²) in [4.78, 5) is 0.221. The van der Waals surface area contributed by atoms with Crippen molar-refractivity contribution in [3.63, 3.8) is 0 Å². The number of nitrogens with one attached hydrogen (secondary N) is 2. The van der Waals surface area contributed by atoms with E-state index in [9.17, 15) is 16.8 Å². The molecule has 0 atom stereocenters. The molecule has 0 aliphatic rings. The van der Waals surface area contributed by atoms with E-state index < -0.39 is 20.0 Å². The molecule has 154 valence electrons. The first kappa shape index (κ1) is 22.3. The maximum Gasteiger partial charge on any atom is 0.240 e. The van der Waals surface area contributed by atoms with Gasteiger partial charge in [0.2, 0.25) is 20.0 Å². The van der Waals surface area contributed by atoms with Crippen molar-refractivity contribution in [3.05, 3.63) is 54.1 Å². The maximum absolute atomic E-state index is 12.4. The number of hydrogen-bond acceptors (Lipinski definition) is 6. The first-order valence-corrected chi connectivity index (χ1v) is 11.5. The molecule has 2 aromatic carbocycles. The molecule has 0 radical (unpaired) electrons. The summed E-state index contributed by atoms with van der Waals surface area (Å²) in [6, 6.07) is 12.1. The smallest absolute Gasteiger partial charge is 0.240 e. The Kier molecular flexibility index (Phi) is 7.96. The first-order valence-electron chi connectivity index (χ1n) is 8.58. The van der Waals surface area contributed by atoms with Crippen LogP contribution in [0.1, 0.15) is 12.5 Å². The molecule has 2 rings (SSSR count). The fourth-order valence-corrected chi connectivity index (χ4v) is 4.32. The Bertz CT molecular complexity index is 956. The number of sulfonamides is 2. The zero-order valence-corrected chi connectivity index (χ0v) is 17.3. The normalized spacial score (nSPS) is 12.1. The molecule has 0 bridgehead atoms. The van der Waals surface area contributed by atoms with Crippen LogP contribution in [0.5, 0.6) is 5.75 Å². The summed E-state index contributed by atoms with van der Waals surface area (Å²) in [7, 11) is -5.84. The quantitative estimate of drug-likeness (QED) is 0.525. The van der Waals surface area contributed by atoms with Gasteiger partial charge in [0.05, 0.1) is 23.0 Å². The minimum atomic E-state index is -3.69. The van der Waals surface area contributed by atoms with E-state index >= 15 is 0 Å². The van der Waals surface area contributed by atoms with E-state index in [2.05, 4.69) is 9.44 Å². The zero-order valence-electron chi connectivity index (χ0n) is 15.7. The van der Waals surface area contributed by atoms with E-state index in [1.807, 2.05) is 6.92 Å². The SMILES string of the molecule is CCOc1ccc(S(=O)(=O)NCc2ccc(S(=O)(=O)NCCOC)cc2)cc1. The molecule has 0 spiro atoms. The molecular weight excluding hydrogens is 404 g/mol. The summed E-state index contributed by atoms with van der Waals surface area (Å²) in [5.41, 5.74) is 0.630. The van der Waals surface area contributed by atoms with E-state index in [4.69, 9.17) is 9.47 Å². The number of benzene rings is 2. The second-order valence-corrected chi connectivity index (χ2v) is 9.30.